The molecule has 0 saturated carbocycles. The van der Waals surface area contributed by atoms with Crippen molar-refractivity contribution in [3.05, 3.63) is 46.8 Å². The first-order valence-electron chi connectivity index (χ1n) is 8.22. The number of hydrogen-bond donors (Lipinski definition) is 1. The van der Waals surface area contributed by atoms with Crippen molar-refractivity contribution in [3.63, 3.8) is 0 Å². The van der Waals surface area contributed by atoms with Crippen molar-refractivity contribution in [3.8, 4) is 17.5 Å². The van der Waals surface area contributed by atoms with Crippen LogP contribution in [0.1, 0.15) is 22.4 Å². The molecule has 26 heavy (non-hydrogen) atoms. The second-order valence-electron chi connectivity index (χ2n) is 6.33. The van der Waals surface area contributed by atoms with Crippen molar-refractivity contribution < 1.29 is 9.15 Å². The maximum Gasteiger partial charge on any atom is 0.151 e. The third-order valence-corrected chi connectivity index (χ3v) is 4.88. The van der Waals surface area contributed by atoms with Crippen LogP contribution in [0.2, 0.25) is 0 Å². The minimum atomic E-state index is 0.345. The molecule has 6 heteroatoms. The van der Waals surface area contributed by atoms with E-state index in [1.165, 1.54) is 0 Å². The van der Waals surface area contributed by atoms with E-state index < -0.39 is 0 Å². The molecule has 0 amide bonds. The Morgan fingerprint density at radius 1 is 1.23 bits per heavy atom. The highest BCUT2D eigenvalue weighted by atomic mass is 16.5. The van der Waals surface area contributed by atoms with Gasteiger partial charge in [-0.15, -0.1) is 0 Å². The van der Waals surface area contributed by atoms with Gasteiger partial charge in [-0.25, -0.2) is 4.98 Å². The molecule has 0 bridgehead atoms. The lowest BCUT2D eigenvalue weighted by Crippen LogP contribution is -2.07. The molecule has 6 nitrogen and oxygen atoms in total. The number of nitrogens with two attached hydrogens (primary N) is 1. The molecule has 3 heterocycles. The molecule has 1 aromatic carbocycles. The highest BCUT2D eigenvalue weighted by molar-refractivity contribution is 6.08. The van der Waals surface area contributed by atoms with Crippen molar-refractivity contribution >= 4 is 27.8 Å². The highest BCUT2D eigenvalue weighted by Crippen LogP contribution is 2.39. The van der Waals surface area contributed by atoms with Crippen LogP contribution in [0.5, 0.6) is 5.75 Å². The van der Waals surface area contributed by atoms with Crippen molar-refractivity contribution in [1.29, 1.82) is 5.26 Å². The number of rotatable bonds is 2. The Morgan fingerprint density at radius 3 is 2.69 bits per heavy atom. The Bertz CT molecular complexity index is 1220. The van der Waals surface area contributed by atoms with Crippen molar-refractivity contribution in [2.24, 2.45) is 0 Å². The van der Waals surface area contributed by atoms with E-state index in [1.807, 2.05) is 43.5 Å². The second-order valence-corrected chi connectivity index (χ2v) is 6.33. The number of furan rings is 1. The van der Waals surface area contributed by atoms with Crippen LogP contribution in [0.15, 0.2) is 28.9 Å². The Hall–Kier alpha value is -3.46. The lowest BCUT2D eigenvalue weighted by Gasteiger charge is -2.16. The molecule has 0 spiro atoms. The number of fused-ring (bicyclic) bond motifs is 3. The van der Waals surface area contributed by atoms with Crippen LogP contribution in [-0.4, -0.2) is 16.7 Å². The SMILES string of the molecule is COc1ccc(C)c(-n2c(N)c(C#N)c3c4occc4c(C)nc32)c1C. The minimum Gasteiger partial charge on any atom is -0.496 e. The molecule has 3 aromatic heterocycles. The third kappa shape index (κ3) is 1.94. The minimum absolute atomic E-state index is 0.345. The van der Waals surface area contributed by atoms with Gasteiger partial charge in [0.15, 0.2) is 5.65 Å². The molecular weight excluding hydrogens is 328 g/mol. The highest BCUT2D eigenvalue weighted by Gasteiger charge is 2.24. The number of nitrogen functional groups attached to an aromatic ring is 1. The zero-order chi connectivity index (χ0) is 18.6. The topological polar surface area (TPSA) is 90.0 Å². The van der Waals surface area contributed by atoms with Crippen LogP contribution < -0.4 is 10.5 Å². The summed E-state index contributed by atoms with van der Waals surface area (Å²) < 4.78 is 13.0. The van der Waals surface area contributed by atoms with Gasteiger partial charge >= 0.3 is 0 Å². The molecule has 4 rings (SSSR count). The quantitative estimate of drug-likeness (QED) is 0.588. The van der Waals surface area contributed by atoms with Gasteiger partial charge in [0.1, 0.15) is 28.8 Å². The van der Waals surface area contributed by atoms with Crippen molar-refractivity contribution in [1.82, 2.24) is 9.55 Å². The van der Waals surface area contributed by atoms with Gasteiger partial charge in [0.25, 0.3) is 0 Å². The number of aromatic nitrogens is 2. The molecule has 2 N–H and O–H groups in total. The number of nitrogens with zero attached hydrogens (tertiary/aromatic N) is 3. The zero-order valence-corrected chi connectivity index (χ0v) is 15.0. The van der Waals surface area contributed by atoms with Gasteiger partial charge in [-0.1, -0.05) is 6.07 Å². The summed E-state index contributed by atoms with van der Waals surface area (Å²) in [5, 5.41) is 11.3. The van der Waals surface area contributed by atoms with Crippen molar-refractivity contribution in [2.45, 2.75) is 20.8 Å². The molecule has 4 aromatic rings. The maximum absolute atomic E-state index is 9.74. The standard InChI is InChI=1S/C20H18N4O2/c1-10-5-6-15(25-4)11(2)17(10)24-19(22)14(9-21)16-18-13(7-8-26-18)12(3)23-20(16)24/h5-8H,22H2,1-4H3. The van der Waals surface area contributed by atoms with Gasteiger partial charge in [-0.05, 0) is 38.5 Å². The summed E-state index contributed by atoms with van der Waals surface area (Å²) in [6.45, 7) is 5.89. The molecule has 0 aliphatic rings. The van der Waals surface area contributed by atoms with Crippen LogP contribution in [0.3, 0.4) is 0 Å². The first-order valence-corrected chi connectivity index (χ1v) is 8.22. The summed E-state index contributed by atoms with van der Waals surface area (Å²) in [7, 11) is 1.63. The van der Waals surface area contributed by atoms with E-state index in [0.717, 1.165) is 33.6 Å². The number of hydrogen-bond acceptors (Lipinski definition) is 5. The zero-order valence-electron chi connectivity index (χ0n) is 15.0. The van der Waals surface area contributed by atoms with Gasteiger partial charge in [0.05, 0.1) is 30.1 Å². The van der Waals surface area contributed by atoms with Crippen LogP contribution in [0.25, 0.3) is 27.7 Å². The van der Waals surface area contributed by atoms with Crippen LogP contribution in [0.4, 0.5) is 5.82 Å². The maximum atomic E-state index is 9.74. The average molecular weight is 346 g/mol. The number of aryl methyl sites for hydroxylation is 2. The van der Waals surface area contributed by atoms with E-state index >= 15 is 0 Å². The normalized spacial score (nSPS) is 11.2. The predicted molar refractivity (Wildman–Crippen MR) is 101 cm³/mol. The number of methoxy groups -OCH3 is 1. The van der Waals surface area contributed by atoms with Gasteiger partial charge in [-0.2, -0.15) is 5.26 Å². The average Bonchev–Trinajstić information content (AvgIpc) is 3.20. The first-order chi connectivity index (χ1) is 12.5. The second kappa shape index (κ2) is 5.53. The molecule has 0 unspecified atom stereocenters. The Morgan fingerprint density at radius 2 is 2.00 bits per heavy atom. The number of nitriles is 1. The third-order valence-electron chi connectivity index (χ3n) is 4.88. The molecule has 0 aliphatic carbocycles. The summed E-state index contributed by atoms with van der Waals surface area (Å²) in [6, 6.07) is 7.97. The van der Waals surface area contributed by atoms with Gasteiger partial charge < -0.3 is 14.9 Å². The molecule has 0 saturated heterocycles. The van der Waals surface area contributed by atoms with E-state index in [1.54, 1.807) is 13.4 Å². The fraction of sp³-hybridized carbons (Fsp3) is 0.200. The van der Waals surface area contributed by atoms with E-state index in [9.17, 15) is 5.26 Å². The summed E-state index contributed by atoms with van der Waals surface area (Å²) in [6.07, 6.45) is 1.61. The Balaban J connectivity index is 2.25. The molecule has 130 valence electrons. The Kier molecular flexibility index (Phi) is 3.41. The van der Waals surface area contributed by atoms with E-state index in [-0.39, 0.29) is 0 Å². The summed E-state index contributed by atoms with van der Waals surface area (Å²) in [4.78, 5) is 4.75. The molecular formula is C20H18N4O2. The van der Waals surface area contributed by atoms with Gasteiger partial charge in [0.2, 0.25) is 0 Å². The number of ether oxygens (including phenoxy) is 1. The smallest absolute Gasteiger partial charge is 0.151 e. The van der Waals surface area contributed by atoms with Crippen molar-refractivity contribution in [2.75, 3.05) is 12.8 Å². The molecule has 0 fully saturated rings. The van der Waals surface area contributed by atoms with Crippen LogP contribution >= 0.6 is 0 Å². The van der Waals surface area contributed by atoms with E-state index in [2.05, 4.69) is 6.07 Å². The molecule has 0 aliphatic heterocycles. The van der Waals surface area contributed by atoms with E-state index in [4.69, 9.17) is 19.9 Å². The number of benzene rings is 1. The summed E-state index contributed by atoms with van der Waals surface area (Å²) >= 11 is 0. The lowest BCUT2D eigenvalue weighted by molar-refractivity contribution is 0.411. The molecule has 0 atom stereocenters. The monoisotopic (exact) mass is 346 g/mol. The van der Waals surface area contributed by atoms with Gasteiger partial charge in [0, 0.05) is 10.9 Å². The van der Waals surface area contributed by atoms with Gasteiger partial charge in [-0.3, -0.25) is 4.57 Å². The first kappa shape index (κ1) is 16.0. The van der Waals surface area contributed by atoms with Crippen LogP contribution in [-0.2, 0) is 0 Å². The predicted octanol–water partition coefficient (Wildman–Crippen LogP) is 4.16. The Labute approximate surface area is 150 Å². The summed E-state index contributed by atoms with van der Waals surface area (Å²) in [5.41, 5.74) is 11.7. The number of anilines is 1. The fourth-order valence-corrected chi connectivity index (χ4v) is 3.63. The van der Waals surface area contributed by atoms with Crippen LogP contribution in [0, 0.1) is 32.1 Å². The lowest BCUT2D eigenvalue weighted by atomic mass is 10.1. The molecule has 0 radical (unpaired) electrons. The van der Waals surface area contributed by atoms with E-state index in [0.29, 0.717) is 28.0 Å². The summed E-state index contributed by atoms with van der Waals surface area (Å²) in [5.74, 6) is 1.10. The fourth-order valence-electron chi connectivity index (χ4n) is 3.63. The number of pyridine rings is 1. The largest absolute Gasteiger partial charge is 0.496 e.